The molecule has 5 heteroatoms. The Hall–Kier alpha value is -0.640. The smallest absolute Gasteiger partial charge is 0.179 e. The zero-order chi connectivity index (χ0) is 12.1. The molecule has 1 rings (SSSR count). The first-order valence-corrected chi connectivity index (χ1v) is 5.69. The molecule has 1 atom stereocenters. The molecule has 17 heavy (non-hydrogen) atoms. The van der Waals surface area contributed by atoms with Gasteiger partial charge in [-0.2, -0.15) is 0 Å². The van der Waals surface area contributed by atoms with E-state index in [1.54, 1.807) is 14.2 Å². The molecule has 0 heterocycles. The zero-order valence-electron chi connectivity index (χ0n) is 10.3. The van der Waals surface area contributed by atoms with Crippen molar-refractivity contribution < 1.29 is 9.47 Å². The van der Waals surface area contributed by atoms with Crippen molar-refractivity contribution in [3.8, 4) is 11.5 Å². The molecule has 0 unspecified atom stereocenters. The van der Waals surface area contributed by atoms with Crippen LogP contribution >= 0.6 is 24.0 Å². The Morgan fingerprint density at radius 1 is 1.29 bits per heavy atom. The fraction of sp³-hybridized carbons (Fsp3) is 0.500. The van der Waals surface area contributed by atoms with Gasteiger partial charge in [0, 0.05) is 6.04 Å². The van der Waals surface area contributed by atoms with Crippen LogP contribution in [0.4, 0.5) is 0 Å². The van der Waals surface area contributed by atoms with Crippen LogP contribution in [-0.2, 0) is 0 Å². The maximum atomic E-state index is 6.24. The Labute approximate surface area is 114 Å². The minimum atomic E-state index is -0.0580. The average Bonchev–Trinajstić information content (AvgIpc) is 2.28. The first-order valence-electron chi connectivity index (χ1n) is 5.31. The second-order valence-corrected chi connectivity index (χ2v) is 3.98. The maximum Gasteiger partial charge on any atom is 0.179 e. The number of hydrogen-bond donors (Lipinski definition) is 1. The van der Waals surface area contributed by atoms with Gasteiger partial charge in [-0.15, -0.1) is 12.4 Å². The molecule has 0 bridgehead atoms. The molecule has 0 saturated carbocycles. The number of ether oxygens (including phenoxy) is 2. The zero-order valence-corrected chi connectivity index (χ0v) is 11.9. The molecule has 0 fully saturated rings. The van der Waals surface area contributed by atoms with Gasteiger partial charge in [-0.05, 0) is 18.1 Å². The van der Waals surface area contributed by atoms with Gasteiger partial charge in [0.25, 0.3) is 0 Å². The monoisotopic (exact) mass is 279 g/mol. The van der Waals surface area contributed by atoms with E-state index < -0.39 is 0 Å². The number of halogens is 2. The lowest BCUT2D eigenvalue weighted by Gasteiger charge is -2.16. The molecule has 0 aliphatic heterocycles. The highest BCUT2D eigenvalue weighted by molar-refractivity contribution is 6.33. The average molecular weight is 280 g/mol. The van der Waals surface area contributed by atoms with Gasteiger partial charge in [-0.25, -0.2) is 0 Å². The van der Waals surface area contributed by atoms with Gasteiger partial charge < -0.3 is 15.2 Å². The lowest BCUT2D eigenvalue weighted by Crippen LogP contribution is -2.11. The van der Waals surface area contributed by atoms with E-state index in [1.807, 2.05) is 12.1 Å². The summed E-state index contributed by atoms with van der Waals surface area (Å²) in [5, 5.41) is 0.544. The van der Waals surface area contributed by atoms with Crippen LogP contribution in [-0.4, -0.2) is 14.2 Å². The van der Waals surface area contributed by atoms with Crippen molar-refractivity contribution in [3.63, 3.8) is 0 Å². The standard InChI is InChI=1S/C12H18ClNO2.ClH/c1-4-5-9(14)8-6-7-10(15-2)12(16-3)11(8)13;/h6-7,9H,4-5,14H2,1-3H3;1H/t9-;/m0./s1. The number of nitrogens with two attached hydrogens (primary N) is 1. The van der Waals surface area contributed by atoms with Crippen molar-refractivity contribution >= 4 is 24.0 Å². The van der Waals surface area contributed by atoms with Crippen LogP contribution in [0.2, 0.25) is 5.02 Å². The van der Waals surface area contributed by atoms with E-state index in [-0.39, 0.29) is 18.4 Å². The predicted octanol–water partition coefficient (Wildman–Crippen LogP) is 3.58. The first kappa shape index (κ1) is 16.4. The van der Waals surface area contributed by atoms with E-state index in [0.717, 1.165) is 18.4 Å². The minimum absolute atomic E-state index is 0. The van der Waals surface area contributed by atoms with Gasteiger partial charge in [0.2, 0.25) is 0 Å². The Balaban J connectivity index is 0.00000256. The number of benzene rings is 1. The van der Waals surface area contributed by atoms with Crippen LogP contribution in [0.5, 0.6) is 11.5 Å². The third-order valence-electron chi connectivity index (χ3n) is 2.51. The van der Waals surface area contributed by atoms with E-state index in [2.05, 4.69) is 6.92 Å². The molecular weight excluding hydrogens is 261 g/mol. The van der Waals surface area contributed by atoms with Crippen molar-refractivity contribution in [2.45, 2.75) is 25.8 Å². The molecule has 0 aliphatic rings. The summed E-state index contributed by atoms with van der Waals surface area (Å²) < 4.78 is 10.4. The molecular formula is C12H19Cl2NO2. The number of hydrogen-bond acceptors (Lipinski definition) is 3. The maximum absolute atomic E-state index is 6.24. The Morgan fingerprint density at radius 2 is 1.94 bits per heavy atom. The van der Waals surface area contributed by atoms with Gasteiger partial charge in [0.05, 0.1) is 19.2 Å². The van der Waals surface area contributed by atoms with Crippen LogP contribution in [0.1, 0.15) is 31.4 Å². The third-order valence-corrected chi connectivity index (χ3v) is 2.90. The van der Waals surface area contributed by atoms with Gasteiger partial charge in [-0.3, -0.25) is 0 Å². The van der Waals surface area contributed by atoms with Crippen LogP contribution < -0.4 is 15.2 Å². The van der Waals surface area contributed by atoms with Crippen LogP contribution in [0.15, 0.2) is 12.1 Å². The van der Waals surface area contributed by atoms with Crippen LogP contribution in [0.3, 0.4) is 0 Å². The number of rotatable bonds is 5. The lowest BCUT2D eigenvalue weighted by molar-refractivity contribution is 0.354. The molecule has 0 aromatic heterocycles. The fourth-order valence-corrected chi connectivity index (χ4v) is 2.03. The van der Waals surface area contributed by atoms with Gasteiger partial charge in [-0.1, -0.05) is 31.0 Å². The second-order valence-electron chi connectivity index (χ2n) is 3.60. The number of methoxy groups -OCH3 is 2. The summed E-state index contributed by atoms with van der Waals surface area (Å²) in [4.78, 5) is 0. The molecule has 0 saturated heterocycles. The summed E-state index contributed by atoms with van der Waals surface area (Å²) >= 11 is 6.24. The Bertz CT molecular complexity index is 359. The van der Waals surface area contributed by atoms with Crippen molar-refractivity contribution in [1.82, 2.24) is 0 Å². The molecule has 0 amide bonds. The summed E-state index contributed by atoms with van der Waals surface area (Å²) in [5.41, 5.74) is 6.94. The summed E-state index contributed by atoms with van der Waals surface area (Å²) in [6.07, 6.45) is 1.92. The highest BCUT2D eigenvalue weighted by atomic mass is 35.5. The van der Waals surface area contributed by atoms with E-state index in [0.29, 0.717) is 16.5 Å². The highest BCUT2D eigenvalue weighted by Crippen LogP contribution is 2.39. The van der Waals surface area contributed by atoms with E-state index in [9.17, 15) is 0 Å². The SMILES string of the molecule is CCC[C@H](N)c1ccc(OC)c(OC)c1Cl.Cl. The Kier molecular flexibility index (Phi) is 7.35. The third kappa shape index (κ3) is 3.66. The van der Waals surface area contributed by atoms with Crippen LogP contribution in [0.25, 0.3) is 0 Å². The van der Waals surface area contributed by atoms with Crippen LogP contribution in [0, 0.1) is 0 Å². The van der Waals surface area contributed by atoms with Gasteiger partial charge in [0.15, 0.2) is 11.5 Å². The van der Waals surface area contributed by atoms with Gasteiger partial charge in [0.1, 0.15) is 0 Å². The molecule has 98 valence electrons. The largest absolute Gasteiger partial charge is 0.493 e. The van der Waals surface area contributed by atoms with E-state index in [4.69, 9.17) is 26.8 Å². The molecule has 0 spiro atoms. The first-order chi connectivity index (χ1) is 7.65. The molecule has 2 N–H and O–H groups in total. The molecule has 1 aromatic carbocycles. The minimum Gasteiger partial charge on any atom is -0.493 e. The van der Waals surface area contributed by atoms with Gasteiger partial charge >= 0.3 is 0 Å². The quantitative estimate of drug-likeness (QED) is 0.896. The molecule has 0 radical (unpaired) electrons. The van der Waals surface area contributed by atoms with E-state index >= 15 is 0 Å². The predicted molar refractivity (Wildman–Crippen MR) is 73.6 cm³/mol. The summed E-state index contributed by atoms with van der Waals surface area (Å²) in [6, 6.07) is 3.66. The molecule has 0 aliphatic carbocycles. The molecule has 1 aromatic rings. The summed E-state index contributed by atoms with van der Waals surface area (Å²) in [7, 11) is 3.15. The summed E-state index contributed by atoms with van der Waals surface area (Å²) in [6.45, 7) is 2.09. The normalized spacial score (nSPS) is 11.6. The molecule has 3 nitrogen and oxygen atoms in total. The highest BCUT2D eigenvalue weighted by Gasteiger charge is 2.16. The van der Waals surface area contributed by atoms with Crippen molar-refractivity contribution in [2.75, 3.05) is 14.2 Å². The van der Waals surface area contributed by atoms with Crippen molar-refractivity contribution in [3.05, 3.63) is 22.7 Å². The summed E-state index contributed by atoms with van der Waals surface area (Å²) in [5.74, 6) is 1.17. The lowest BCUT2D eigenvalue weighted by atomic mass is 10.0. The van der Waals surface area contributed by atoms with Crippen molar-refractivity contribution in [2.24, 2.45) is 5.73 Å². The Morgan fingerprint density at radius 3 is 2.41 bits per heavy atom. The van der Waals surface area contributed by atoms with E-state index in [1.165, 1.54) is 0 Å². The second kappa shape index (κ2) is 7.64. The van der Waals surface area contributed by atoms with Crippen molar-refractivity contribution in [1.29, 1.82) is 0 Å². The fourth-order valence-electron chi connectivity index (χ4n) is 1.66. The topological polar surface area (TPSA) is 44.5 Å².